The van der Waals surface area contributed by atoms with Gasteiger partial charge < -0.3 is 9.80 Å². The van der Waals surface area contributed by atoms with E-state index in [4.69, 9.17) is 0 Å². The Hall–Kier alpha value is -2.87. The molecule has 0 aliphatic carbocycles. The second-order valence-corrected chi connectivity index (χ2v) is 8.50. The molecule has 8 heteroatoms. The van der Waals surface area contributed by atoms with Crippen molar-refractivity contribution in [2.45, 2.75) is 24.7 Å². The molecule has 7 nitrogen and oxygen atoms in total. The van der Waals surface area contributed by atoms with Crippen LogP contribution in [0.25, 0.3) is 0 Å². The molecule has 2 aromatic rings. The molecule has 1 aliphatic rings. The molecule has 0 atom stereocenters. The number of nitrogens with zero attached hydrogens (tertiary/aromatic N) is 2. The van der Waals surface area contributed by atoms with Crippen LogP contribution in [-0.4, -0.2) is 45.8 Å². The largest absolute Gasteiger partial charge is 0.345 e. The van der Waals surface area contributed by atoms with Gasteiger partial charge in [0, 0.05) is 44.0 Å². The number of sulfonamides is 1. The maximum absolute atomic E-state index is 12.7. The average Bonchev–Trinajstić information content (AvgIpc) is 3.10. The van der Waals surface area contributed by atoms with Crippen LogP contribution in [0, 0.1) is 0 Å². The lowest BCUT2D eigenvalue weighted by Crippen LogP contribution is -2.27. The standard InChI is InChI=1S/C20H23N3O4S/c1-4-19(24)23-12-11-15-13-17(9-10-18(15)23)28(26,27)21-16-7-5-14(6-8-16)20(25)22(2)3/h5-10,13,21H,4,11-12H2,1-3H3. The van der Waals surface area contributed by atoms with Crippen molar-refractivity contribution in [2.75, 3.05) is 30.3 Å². The van der Waals surface area contributed by atoms with Crippen LogP contribution in [0.5, 0.6) is 0 Å². The van der Waals surface area contributed by atoms with E-state index in [2.05, 4.69) is 4.72 Å². The van der Waals surface area contributed by atoms with Gasteiger partial charge in [-0.25, -0.2) is 8.42 Å². The number of hydrogen-bond donors (Lipinski definition) is 1. The van der Waals surface area contributed by atoms with E-state index in [0.717, 1.165) is 11.3 Å². The van der Waals surface area contributed by atoms with Crippen LogP contribution in [0.4, 0.5) is 11.4 Å². The number of benzene rings is 2. The minimum absolute atomic E-state index is 0.0276. The van der Waals surface area contributed by atoms with Gasteiger partial charge >= 0.3 is 0 Å². The lowest BCUT2D eigenvalue weighted by Gasteiger charge is -2.16. The van der Waals surface area contributed by atoms with E-state index < -0.39 is 10.0 Å². The summed E-state index contributed by atoms with van der Waals surface area (Å²) in [5.41, 5.74) is 2.47. The molecule has 0 radical (unpaired) electrons. The second kappa shape index (κ2) is 7.63. The quantitative estimate of drug-likeness (QED) is 0.834. The molecule has 0 fully saturated rings. The number of fused-ring (bicyclic) bond motifs is 1. The van der Waals surface area contributed by atoms with E-state index in [1.165, 1.54) is 11.0 Å². The topological polar surface area (TPSA) is 86.8 Å². The zero-order valence-corrected chi connectivity index (χ0v) is 16.9. The van der Waals surface area contributed by atoms with Gasteiger partial charge in [0.1, 0.15) is 0 Å². The Morgan fingerprint density at radius 2 is 1.79 bits per heavy atom. The maximum atomic E-state index is 12.7. The van der Waals surface area contributed by atoms with Gasteiger partial charge in [-0.05, 0) is 54.4 Å². The third kappa shape index (κ3) is 3.87. The molecule has 2 amide bonds. The third-order valence-electron chi connectivity index (χ3n) is 4.65. The van der Waals surface area contributed by atoms with Crippen LogP contribution >= 0.6 is 0 Å². The fourth-order valence-electron chi connectivity index (χ4n) is 3.15. The zero-order chi connectivity index (χ0) is 20.5. The van der Waals surface area contributed by atoms with E-state index >= 15 is 0 Å². The predicted octanol–water partition coefficient (Wildman–Crippen LogP) is 2.49. The summed E-state index contributed by atoms with van der Waals surface area (Å²) >= 11 is 0. The van der Waals surface area contributed by atoms with Crippen molar-refractivity contribution >= 4 is 33.2 Å². The molecule has 0 saturated carbocycles. The highest BCUT2D eigenvalue weighted by atomic mass is 32.2. The molecule has 0 bridgehead atoms. The Balaban J connectivity index is 1.80. The molecular weight excluding hydrogens is 378 g/mol. The van der Waals surface area contributed by atoms with Gasteiger partial charge in [-0.2, -0.15) is 0 Å². The average molecular weight is 401 g/mol. The summed E-state index contributed by atoms with van der Waals surface area (Å²) in [6, 6.07) is 11.1. The van der Waals surface area contributed by atoms with Crippen LogP contribution < -0.4 is 9.62 Å². The van der Waals surface area contributed by atoms with Crippen molar-refractivity contribution in [1.29, 1.82) is 0 Å². The van der Waals surface area contributed by atoms with Crippen LogP contribution in [0.2, 0.25) is 0 Å². The lowest BCUT2D eigenvalue weighted by atomic mass is 10.2. The van der Waals surface area contributed by atoms with Crippen LogP contribution in [0.3, 0.4) is 0 Å². The summed E-state index contributed by atoms with van der Waals surface area (Å²) in [4.78, 5) is 27.2. The van der Waals surface area contributed by atoms with Crippen molar-refractivity contribution in [3.63, 3.8) is 0 Å². The highest BCUT2D eigenvalue weighted by molar-refractivity contribution is 7.92. The number of amides is 2. The van der Waals surface area contributed by atoms with Crippen LogP contribution in [0.1, 0.15) is 29.3 Å². The Kier molecular flexibility index (Phi) is 5.42. The number of anilines is 2. The molecule has 28 heavy (non-hydrogen) atoms. The Morgan fingerprint density at radius 3 is 2.39 bits per heavy atom. The first-order valence-electron chi connectivity index (χ1n) is 9.00. The first-order chi connectivity index (χ1) is 13.2. The summed E-state index contributed by atoms with van der Waals surface area (Å²) in [6.07, 6.45) is 1.04. The van der Waals surface area contributed by atoms with Gasteiger partial charge in [0.05, 0.1) is 4.90 Å². The van der Waals surface area contributed by atoms with E-state index in [-0.39, 0.29) is 16.7 Å². The van der Waals surface area contributed by atoms with Crippen molar-refractivity contribution in [2.24, 2.45) is 0 Å². The number of carbonyl (C=O) groups excluding carboxylic acids is 2. The number of hydrogen-bond acceptors (Lipinski definition) is 4. The Morgan fingerprint density at radius 1 is 1.11 bits per heavy atom. The lowest BCUT2D eigenvalue weighted by molar-refractivity contribution is -0.118. The smallest absolute Gasteiger partial charge is 0.261 e. The molecule has 148 valence electrons. The number of rotatable bonds is 5. The summed E-state index contributed by atoms with van der Waals surface area (Å²) in [7, 11) is -0.467. The van der Waals surface area contributed by atoms with E-state index in [9.17, 15) is 18.0 Å². The van der Waals surface area contributed by atoms with Gasteiger partial charge in [0.2, 0.25) is 5.91 Å². The van der Waals surface area contributed by atoms with Crippen molar-refractivity contribution in [1.82, 2.24) is 4.90 Å². The highest BCUT2D eigenvalue weighted by Crippen LogP contribution is 2.31. The second-order valence-electron chi connectivity index (χ2n) is 6.82. The Labute approximate surface area is 165 Å². The van der Waals surface area contributed by atoms with Crippen molar-refractivity contribution < 1.29 is 18.0 Å². The zero-order valence-electron chi connectivity index (χ0n) is 16.1. The van der Waals surface area contributed by atoms with Gasteiger partial charge in [-0.3, -0.25) is 14.3 Å². The third-order valence-corrected chi connectivity index (χ3v) is 6.03. The maximum Gasteiger partial charge on any atom is 0.261 e. The normalized spacial score (nSPS) is 13.2. The minimum atomic E-state index is -3.78. The number of nitrogens with one attached hydrogen (secondary N) is 1. The molecule has 0 spiro atoms. The van der Waals surface area contributed by atoms with Crippen LogP contribution in [0.15, 0.2) is 47.4 Å². The molecule has 1 heterocycles. The minimum Gasteiger partial charge on any atom is -0.345 e. The molecule has 1 N–H and O–H groups in total. The molecule has 0 unspecified atom stereocenters. The summed E-state index contributed by atoms with van der Waals surface area (Å²) in [5.74, 6) is -0.126. The Bertz CT molecular complexity index is 1010. The van der Waals surface area contributed by atoms with Gasteiger partial charge in [0.15, 0.2) is 0 Å². The van der Waals surface area contributed by atoms with Crippen LogP contribution in [-0.2, 0) is 21.2 Å². The summed E-state index contributed by atoms with van der Waals surface area (Å²) in [6.45, 7) is 2.38. The van der Waals surface area contributed by atoms with Crippen molar-refractivity contribution in [3.05, 3.63) is 53.6 Å². The van der Waals surface area contributed by atoms with E-state index in [0.29, 0.717) is 30.6 Å². The molecule has 2 aromatic carbocycles. The van der Waals surface area contributed by atoms with E-state index in [1.54, 1.807) is 62.3 Å². The fourth-order valence-corrected chi connectivity index (χ4v) is 4.26. The van der Waals surface area contributed by atoms with Gasteiger partial charge in [-0.1, -0.05) is 6.92 Å². The summed E-state index contributed by atoms with van der Waals surface area (Å²) < 4.78 is 28.0. The number of carbonyl (C=O) groups is 2. The summed E-state index contributed by atoms with van der Waals surface area (Å²) in [5, 5.41) is 0. The van der Waals surface area contributed by atoms with Gasteiger partial charge in [0.25, 0.3) is 15.9 Å². The first kappa shape index (κ1) is 19.9. The van der Waals surface area contributed by atoms with Gasteiger partial charge in [-0.15, -0.1) is 0 Å². The monoisotopic (exact) mass is 401 g/mol. The fraction of sp³-hybridized carbons (Fsp3) is 0.300. The molecular formula is C20H23N3O4S. The SMILES string of the molecule is CCC(=O)N1CCc2cc(S(=O)(=O)Nc3ccc(C(=O)N(C)C)cc3)ccc21. The molecule has 1 aliphatic heterocycles. The highest BCUT2D eigenvalue weighted by Gasteiger charge is 2.25. The molecule has 3 rings (SSSR count). The molecule has 0 saturated heterocycles. The van der Waals surface area contributed by atoms with E-state index in [1.807, 2.05) is 0 Å². The molecule has 0 aromatic heterocycles. The predicted molar refractivity (Wildman–Crippen MR) is 108 cm³/mol. The first-order valence-corrected chi connectivity index (χ1v) is 10.5. The van der Waals surface area contributed by atoms with Crippen molar-refractivity contribution in [3.8, 4) is 0 Å².